The van der Waals surface area contributed by atoms with E-state index < -0.39 is 0 Å². The van der Waals surface area contributed by atoms with Gasteiger partial charge in [0.15, 0.2) is 0 Å². The quantitative estimate of drug-likeness (QED) is 0.353. The van der Waals surface area contributed by atoms with E-state index in [2.05, 4.69) is 6.92 Å². The lowest BCUT2D eigenvalue weighted by Crippen LogP contribution is -2.56. The summed E-state index contributed by atoms with van der Waals surface area (Å²) in [7, 11) is 0. The molecule has 1 spiro atoms. The Bertz CT molecular complexity index is 1070. The summed E-state index contributed by atoms with van der Waals surface area (Å²) in [6.07, 6.45) is 4.33. The second-order valence-electron chi connectivity index (χ2n) is 8.10. The summed E-state index contributed by atoms with van der Waals surface area (Å²) in [5.74, 6) is 1.45. The van der Waals surface area contributed by atoms with Gasteiger partial charge in [-0.2, -0.15) is 0 Å². The SMILES string of the molecule is CCCCOc1ccc2c(c1)oc(=O)c1cc(OC3CC4(COC4)C3)ccc12. The molecule has 1 saturated heterocycles. The Labute approximate surface area is 163 Å². The third kappa shape index (κ3) is 3.04. The summed E-state index contributed by atoms with van der Waals surface area (Å²) in [4.78, 5) is 12.6. The Morgan fingerprint density at radius 2 is 1.82 bits per heavy atom. The topological polar surface area (TPSA) is 57.9 Å². The van der Waals surface area contributed by atoms with Gasteiger partial charge in [0, 0.05) is 22.3 Å². The molecular weight excluding hydrogens is 356 g/mol. The predicted molar refractivity (Wildman–Crippen MR) is 107 cm³/mol. The van der Waals surface area contributed by atoms with Crippen molar-refractivity contribution in [2.75, 3.05) is 19.8 Å². The monoisotopic (exact) mass is 380 g/mol. The van der Waals surface area contributed by atoms with Gasteiger partial charge in [0.05, 0.1) is 25.2 Å². The maximum atomic E-state index is 12.6. The van der Waals surface area contributed by atoms with Gasteiger partial charge in [-0.15, -0.1) is 0 Å². The normalized spacial score (nSPS) is 18.2. The maximum absolute atomic E-state index is 12.6. The van der Waals surface area contributed by atoms with E-state index in [0.717, 1.165) is 61.2 Å². The van der Waals surface area contributed by atoms with Gasteiger partial charge in [0.2, 0.25) is 0 Å². The molecule has 2 aliphatic rings. The van der Waals surface area contributed by atoms with E-state index in [1.807, 2.05) is 24.3 Å². The van der Waals surface area contributed by atoms with Crippen molar-refractivity contribution < 1.29 is 18.6 Å². The van der Waals surface area contributed by atoms with E-state index in [1.54, 1.807) is 12.1 Å². The Morgan fingerprint density at radius 1 is 1.04 bits per heavy atom. The fourth-order valence-corrected chi connectivity index (χ4v) is 4.20. The van der Waals surface area contributed by atoms with E-state index in [-0.39, 0.29) is 11.7 Å². The van der Waals surface area contributed by atoms with E-state index in [4.69, 9.17) is 18.6 Å². The highest BCUT2D eigenvalue weighted by atomic mass is 16.5. The smallest absolute Gasteiger partial charge is 0.344 e. The fraction of sp³-hybridized carbons (Fsp3) is 0.435. The molecule has 5 rings (SSSR count). The summed E-state index contributed by atoms with van der Waals surface area (Å²) < 4.78 is 22.7. The average molecular weight is 380 g/mol. The molecule has 1 saturated carbocycles. The highest BCUT2D eigenvalue weighted by Gasteiger charge is 2.51. The lowest BCUT2D eigenvalue weighted by Gasteiger charge is -2.52. The molecule has 5 nitrogen and oxygen atoms in total. The minimum Gasteiger partial charge on any atom is -0.493 e. The van der Waals surface area contributed by atoms with Gasteiger partial charge >= 0.3 is 5.63 Å². The van der Waals surface area contributed by atoms with Crippen molar-refractivity contribution in [1.29, 1.82) is 0 Å². The third-order valence-corrected chi connectivity index (χ3v) is 5.86. The van der Waals surface area contributed by atoms with Crippen molar-refractivity contribution in [3.05, 3.63) is 46.8 Å². The van der Waals surface area contributed by atoms with Crippen LogP contribution in [0.4, 0.5) is 0 Å². The molecule has 0 bridgehead atoms. The lowest BCUT2D eigenvalue weighted by molar-refractivity contribution is -0.191. The first-order valence-corrected chi connectivity index (χ1v) is 10.0. The first-order chi connectivity index (χ1) is 13.7. The first-order valence-electron chi connectivity index (χ1n) is 10.0. The van der Waals surface area contributed by atoms with Crippen molar-refractivity contribution >= 4 is 21.7 Å². The van der Waals surface area contributed by atoms with Crippen LogP contribution in [0, 0.1) is 5.41 Å². The molecule has 2 aromatic carbocycles. The highest BCUT2D eigenvalue weighted by molar-refractivity contribution is 6.04. The van der Waals surface area contributed by atoms with E-state index in [1.165, 1.54) is 0 Å². The van der Waals surface area contributed by atoms with Crippen LogP contribution in [0.5, 0.6) is 11.5 Å². The molecule has 1 aromatic heterocycles. The van der Waals surface area contributed by atoms with Gasteiger partial charge in [-0.1, -0.05) is 13.3 Å². The van der Waals surface area contributed by atoms with Crippen LogP contribution in [0.1, 0.15) is 32.6 Å². The molecule has 28 heavy (non-hydrogen) atoms. The number of unbranched alkanes of at least 4 members (excludes halogenated alkanes) is 1. The zero-order valence-electron chi connectivity index (χ0n) is 16.0. The molecule has 0 atom stereocenters. The second-order valence-corrected chi connectivity index (χ2v) is 8.10. The van der Waals surface area contributed by atoms with Crippen molar-refractivity contribution in [3.8, 4) is 11.5 Å². The van der Waals surface area contributed by atoms with Gasteiger partial charge < -0.3 is 18.6 Å². The molecule has 2 heterocycles. The summed E-state index contributed by atoms with van der Waals surface area (Å²) in [5, 5.41) is 2.32. The average Bonchev–Trinajstić information content (AvgIpc) is 2.63. The number of rotatable bonds is 6. The van der Waals surface area contributed by atoms with Gasteiger partial charge in [0.25, 0.3) is 0 Å². The molecule has 0 N–H and O–H groups in total. The van der Waals surface area contributed by atoms with E-state index in [0.29, 0.717) is 23.0 Å². The van der Waals surface area contributed by atoms with Crippen molar-refractivity contribution in [2.45, 2.75) is 38.7 Å². The summed E-state index contributed by atoms with van der Waals surface area (Å²) in [6.45, 7) is 4.49. The summed E-state index contributed by atoms with van der Waals surface area (Å²) >= 11 is 0. The molecule has 1 aliphatic heterocycles. The molecule has 146 valence electrons. The van der Waals surface area contributed by atoms with Gasteiger partial charge in [0.1, 0.15) is 23.2 Å². The highest BCUT2D eigenvalue weighted by Crippen LogP contribution is 2.48. The molecule has 0 unspecified atom stereocenters. The summed E-state index contributed by atoms with van der Waals surface area (Å²) in [6, 6.07) is 11.4. The zero-order chi connectivity index (χ0) is 19.1. The number of hydrogen-bond donors (Lipinski definition) is 0. The van der Waals surface area contributed by atoms with Crippen LogP contribution in [0.2, 0.25) is 0 Å². The van der Waals surface area contributed by atoms with Crippen LogP contribution in [-0.2, 0) is 4.74 Å². The van der Waals surface area contributed by atoms with Crippen molar-refractivity contribution in [3.63, 3.8) is 0 Å². The standard InChI is InChI=1S/C23H24O5/c1-2-3-8-26-15-4-7-19-18-6-5-16(9-20(18)22(24)28-21(19)10-15)27-17-11-23(12-17)13-25-14-23/h4-7,9-10,17H,2-3,8,11-14H2,1H3. The Morgan fingerprint density at radius 3 is 2.57 bits per heavy atom. The van der Waals surface area contributed by atoms with Crippen molar-refractivity contribution in [2.24, 2.45) is 5.41 Å². The predicted octanol–water partition coefficient (Wildman–Crippen LogP) is 4.68. The number of fused-ring (bicyclic) bond motifs is 3. The van der Waals surface area contributed by atoms with Crippen LogP contribution in [-0.4, -0.2) is 25.9 Å². The van der Waals surface area contributed by atoms with Gasteiger partial charge in [-0.3, -0.25) is 0 Å². The number of ether oxygens (including phenoxy) is 3. The largest absolute Gasteiger partial charge is 0.493 e. The van der Waals surface area contributed by atoms with Gasteiger partial charge in [-0.25, -0.2) is 4.79 Å². The molecule has 2 fully saturated rings. The maximum Gasteiger partial charge on any atom is 0.344 e. The Balaban J connectivity index is 1.41. The van der Waals surface area contributed by atoms with Crippen LogP contribution in [0.15, 0.2) is 45.6 Å². The Kier molecular flexibility index (Phi) is 4.27. The molecule has 0 radical (unpaired) electrons. The molecule has 3 aromatic rings. The van der Waals surface area contributed by atoms with E-state index in [9.17, 15) is 4.79 Å². The van der Waals surface area contributed by atoms with Crippen LogP contribution >= 0.6 is 0 Å². The molecule has 0 amide bonds. The molecule has 5 heteroatoms. The third-order valence-electron chi connectivity index (χ3n) is 5.86. The molecular formula is C23H24O5. The minimum absolute atomic E-state index is 0.205. The van der Waals surface area contributed by atoms with Gasteiger partial charge in [-0.05, 0) is 49.6 Å². The van der Waals surface area contributed by atoms with E-state index >= 15 is 0 Å². The number of benzene rings is 2. The van der Waals surface area contributed by atoms with Crippen LogP contribution in [0.25, 0.3) is 21.7 Å². The Hall–Kier alpha value is -2.53. The minimum atomic E-state index is -0.351. The first kappa shape index (κ1) is 17.6. The number of hydrogen-bond acceptors (Lipinski definition) is 5. The van der Waals surface area contributed by atoms with Crippen LogP contribution < -0.4 is 15.1 Å². The fourth-order valence-electron chi connectivity index (χ4n) is 4.20. The summed E-state index contributed by atoms with van der Waals surface area (Å²) in [5.41, 5.74) is 0.551. The second kappa shape index (κ2) is 6.82. The lowest BCUT2D eigenvalue weighted by atomic mass is 9.65. The van der Waals surface area contributed by atoms with Crippen molar-refractivity contribution in [1.82, 2.24) is 0 Å². The zero-order valence-corrected chi connectivity index (χ0v) is 16.0. The molecule has 1 aliphatic carbocycles. The van der Waals surface area contributed by atoms with Crippen LogP contribution in [0.3, 0.4) is 0 Å².